The Hall–Kier alpha value is -1.66. The van der Waals surface area contributed by atoms with Gasteiger partial charge in [0.25, 0.3) is 0 Å². The van der Waals surface area contributed by atoms with Gasteiger partial charge >= 0.3 is 0 Å². The first-order chi connectivity index (χ1) is 10.4. The lowest BCUT2D eigenvalue weighted by Crippen LogP contribution is -2.53. The lowest BCUT2D eigenvalue weighted by molar-refractivity contribution is -0.125. The molecular formula is C16H22N2O3S. The third kappa shape index (κ3) is 3.56. The van der Waals surface area contributed by atoms with E-state index in [0.29, 0.717) is 17.1 Å². The van der Waals surface area contributed by atoms with Crippen molar-refractivity contribution in [3.05, 3.63) is 29.3 Å². The van der Waals surface area contributed by atoms with Crippen molar-refractivity contribution >= 4 is 22.8 Å². The summed E-state index contributed by atoms with van der Waals surface area (Å²) in [6.07, 6.45) is 4.15. The second-order valence-corrected chi connectivity index (χ2v) is 6.92. The fraction of sp³-hybridized carbons (Fsp3) is 0.438. The highest BCUT2D eigenvalue weighted by atomic mass is 32.2. The molecule has 1 aromatic rings. The Labute approximate surface area is 133 Å². The van der Waals surface area contributed by atoms with Gasteiger partial charge in [-0.1, -0.05) is 30.7 Å². The molecule has 1 fully saturated rings. The lowest BCUT2D eigenvalue weighted by atomic mass is 9.90. The van der Waals surface area contributed by atoms with Gasteiger partial charge in [-0.05, 0) is 18.9 Å². The number of amides is 1. The maximum Gasteiger partial charge on any atom is 0.234 e. The Morgan fingerprint density at radius 2 is 2.18 bits per heavy atom. The fourth-order valence-electron chi connectivity index (χ4n) is 2.75. The van der Waals surface area contributed by atoms with Gasteiger partial charge in [0.05, 0.1) is 28.8 Å². The highest BCUT2D eigenvalue weighted by Crippen LogP contribution is 2.29. The number of nitrogens with one attached hydrogen (secondary N) is 2. The maximum atomic E-state index is 11.8. The molecular weight excluding hydrogens is 300 g/mol. The topological polar surface area (TPSA) is 67.4 Å². The van der Waals surface area contributed by atoms with Crippen LogP contribution in [0.5, 0.6) is 5.75 Å². The Bertz CT molecular complexity index is 628. The molecule has 120 valence electrons. The van der Waals surface area contributed by atoms with Crippen molar-refractivity contribution in [2.24, 2.45) is 5.92 Å². The number of para-hydroxylation sites is 1. The largest absolute Gasteiger partial charge is 0.495 e. The fourth-order valence-corrected chi connectivity index (χ4v) is 3.48. The summed E-state index contributed by atoms with van der Waals surface area (Å²) in [6, 6.07) is 5.68. The summed E-state index contributed by atoms with van der Waals surface area (Å²) in [5.41, 5.74) is 7.70. The number of hydrogen-bond donors (Lipinski definition) is 2. The minimum Gasteiger partial charge on any atom is -0.495 e. The van der Waals surface area contributed by atoms with E-state index in [1.165, 1.54) is 0 Å². The van der Waals surface area contributed by atoms with Gasteiger partial charge in [0, 0.05) is 18.2 Å². The normalized spacial score (nSPS) is 23.8. The Morgan fingerprint density at radius 1 is 1.45 bits per heavy atom. The Balaban J connectivity index is 2.34. The second-order valence-electron chi connectivity index (χ2n) is 5.57. The van der Waals surface area contributed by atoms with E-state index in [-0.39, 0.29) is 17.9 Å². The molecule has 22 heavy (non-hydrogen) atoms. The van der Waals surface area contributed by atoms with Crippen LogP contribution in [0.1, 0.15) is 25.8 Å². The SMILES string of the molecule is COc1c(/C=C(\C)C2NNC(=O)CC2C)cccc1S(C)=O. The first-order valence-electron chi connectivity index (χ1n) is 7.17. The number of carbonyl (C=O) groups excluding carboxylic acids is 1. The summed E-state index contributed by atoms with van der Waals surface area (Å²) in [4.78, 5) is 12.1. The monoisotopic (exact) mass is 322 g/mol. The third-order valence-electron chi connectivity index (χ3n) is 3.84. The van der Waals surface area contributed by atoms with Crippen molar-refractivity contribution in [3.63, 3.8) is 0 Å². The average molecular weight is 322 g/mol. The van der Waals surface area contributed by atoms with E-state index in [1.807, 2.05) is 38.1 Å². The standard InChI is InChI=1S/C16H22N2O3S/c1-10(15-11(2)9-14(19)17-18-15)8-12-6-5-7-13(22(4)20)16(12)21-3/h5-8,11,15,18H,9H2,1-4H3,(H,17,19)/b10-8+. The zero-order valence-corrected chi connectivity index (χ0v) is 14.1. The van der Waals surface area contributed by atoms with Crippen LogP contribution in [-0.2, 0) is 15.6 Å². The summed E-state index contributed by atoms with van der Waals surface area (Å²) in [5, 5.41) is 0. The van der Waals surface area contributed by atoms with Crippen molar-refractivity contribution in [2.45, 2.75) is 31.2 Å². The lowest BCUT2D eigenvalue weighted by Gasteiger charge is -2.30. The molecule has 1 amide bonds. The summed E-state index contributed by atoms with van der Waals surface area (Å²) in [7, 11) is 0.475. The van der Waals surface area contributed by atoms with Crippen LogP contribution >= 0.6 is 0 Å². The van der Waals surface area contributed by atoms with E-state index < -0.39 is 10.8 Å². The van der Waals surface area contributed by atoms with Crippen LogP contribution < -0.4 is 15.6 Å². The number of ether oxygens (including phenoxy) is 1. The zero-order valence-electron chi connectivity index (χ0n) is 13.3. The summed E-state index contributed by atoms with van der Waals surface area (Å²) < 4.78 is 17.2. The molecule has 0 aliphatic carbocycles. The minimum absolute atomic E-state index is 0.0116. The smallest absolute Gasteiger partial charge is 0.234 e. The highest BCUT2D eigenvalue weighted by molar-refractivity contribution is 7.84. The Kier molecular flexibility index (Phi) is 5.37. The van der Waals surface area contributed by atoms with E-state index in [0.717, 1.165) is 11.1 Å². The molecule has 1 saturated heterocycles. The molecule has 3 atom stereocenters. The zero-order chi connectivity index (χ0) is 16.3. The van der Waals surface area contributed by atoms with Crippen LogP contribution in [0, 0.1) is 5.92 Å². The number of hydrogen-bond acceptors (Lipinski definition) is 4. The van der Waals surface area contributed by atoms with Gasteiger partial charge in [-0.2, -0.15) is 0 Å². The summed E-state index contributed by atoms with van der Waals surface area (Å²) in [5.74, 6) is 0.854. The van der Waals surface area contributed by atoms with Gasteiger partial charge in [0.1, 0.15) is 5.75 Å². The minimum atomic E-state index is -1.11. The number of carbonyl (C=O) groups is 1. The van der Waals surface area contributed by atoms with Gasteiger partial charge in [-0.15, -0.1) is 0 Å². The molecule has 0 bridgehead atoms. The third-order valence-corrected chi connectivity index (χ3v) is 4.78. The molecule has 6 heteroatoms. The van der Waals surface area contributed by atoms with Gasteiger partial charge in [-0.3, -0.25) is 14.4 Å². The molecule has 1 aliphatic rings. The average Bonchev–Trinajstić information content (AvgIpc) is 2.46. The van der Waals surface area contributed by atoms with E-state index in [4.69, 9.17) is 4.74 Å². The van der Waals surface area contributed by atoms with Crippen molar-refractivity contribution in [1.82, 2.24) is 10.9 Å². The number of methoxy groups -OCH3 is 1. The highest BCUT2D eigenvalue weighted by Gasteiger charge is 2.26. The van der Waals surface area contributed by atoms with Crippen molar-refractivity contribution < 1.29 is 13.7 Å². The number of rotatable bonds is 4. The van der Waals surface area contributed by atoms with E-state index in [2.05, 4.69) is 10.9 Å². The molecule has 3 unspecified atom stereocenters. The van der Waals surface area contributed by atoms with Crippen LogP contribution in [0.3, 0.4) is 0 Å². The molecule has 1 aliphatic heterocycles. The molecule has 0 aromatic heterocycles. The van der Waals surface area contributed by atoms with Crippen LogP contribution in [0.2, 0.25) is 0 Å². The molecule has 0 saturated carbocycles. The number of benzene rings is 1. The van der Waals surface area contributed by atoms with Gasteiger partial charge < -0.3 is 4.74 Å². The van der Waals surface area contributed by atoms with Crippen LogP contribution in [-0.4, -0.2) is 29.5 Å². The van der Waals surface area contributed by atoms with Gasteiger partial charge in [0.2, 0.25) is 5.91 Å². The molecule has 1 aromatic carbocycles. The van der Waals surface area contributed by atoms with Crippen LogP contribution in [0.25, 0.3) is 6.08 Å². The van der Waals surface area contributed by atoms with Gasteiger partial charge in [0.15, 0.2) is 0 Å². The van der Waals surface area contributed by atoms with Crippen LogP contribution in [0.4, 0.5) is 0 Å². The summed E-state index contributed by atoms with van der Waals surface area (Å²) in [6.45, 7) is 4.06. The van der Waals surface area contributed by atoms with Crippen LogP contribution in [0.15, 0.2) is 28.7 Å². The van der Waals surface area contributed by atoms with Crippen molar-refractivity contribution in [1.29, 1.82) is 0 Å². The quantitative estimate of drug-likeness (QED) is 0.888. The predicted octanol–water partition coefficient (Wildman–Crippen LogP) is 1.87. The van der Waals surface area contributed by atoms with E-state index >= 15 is 0 Å². The Morgan fingerprint density at radius 3 is 2.77 bits per heavy atom. The van der Waals surface area contributed by atoms with Crippen molar-refractivity contribution in [3.8, 4) is 5.75 Å². The van der Waals surface area contributed by atoms with E-state index in [9.17, 15) is 9.00 Å². The van der Waals surface area contributed by atoms with E-state index in [1.54, 1.807) is 13.4 Å². The van der Waals surface area contributed by atoms with Crippen molar-refractivity contribution in [2.75, 3.05) is 13.4 Å². The molecule has 0 spiro atoms. The first kappa shape index (κ1) is 16.7. The molecule has 2 N–H and O–H groups in total. The molecule has 2 rings (SSSR count). The predicted molar refractivity (Wildman–Crippen MR) is 87.8 cm³/mol. The molecule has 1 heterocycles. The van der Waals surface area contributed by atoms with Gasteiger partial charge in [-0.25, -0.2) is 5.43 Å². The second kappa shape index (κ2) is 7.07. The molecule has 5 nitrogen and oxygen atoms in total. The maximum absolute atomic E-state index is 11.8. The number of hydrazine groups is 1. The first-order valence-corrected chi connectivity index (χ1v) is 8.72. The molecule has 0 radical (unpaired) electrons. The summed E-state index contributed by atoms with van der Waals surface area (Å²) >= 11 is 0.